The first-order valence-electron chi connectivity index (χ1n) is 7.89. The number of hydrogen-bond acceptors (Lipinski definition) is 4. The molecule has 116 valence electrons. The Balaban J connectivity index is 1.80. The molecule has 1 aliphatic rings. The fourth-order valence-electron chi connectivity index (χ4n) is 3.08. The molecule has 22 heavy (non-hydrogen) atoms. The average Bonchev–Trinajstić information content (AvgIpc) is 2.59. The van der Waals surface area contributed by atoms with E-state index in [0.29, 0.717) is 24.3 Å². The summed E-state index contributed by atoms with van der Waals surface area (Å²) in [6.45, 7) is 0.329. The van der Waals surface area contributed by atoms with Gasteiger partial charge in [-0.1, -0.05) is 12.2 Å². The summed E-state index contributed by atoms with van der Waals surface area (Å²) in [5.41, 5.74) is 2.84. The highest BCUT2D eigenvalue weighted by atomic mass is 16.5. The first-order chi connectivity index (χ1) is 10.8. The zero-order chi connectivity index (χ0) is 15.4. The number of rotatable bonds is 4. The third kappa shape index (κ3) is 3.28. The van der Waals surface area contributed by atoms with E-state index < -0.39 is 0 Å². The second-order valence-corrected chi connectivity index (χ2v) is 5.94. The Bertz CT molecular complexity index is 661. The van der Waals surface area contributed by atoms with Gasteiger partial charge >= 0.3 is 0 Å². The summed E-state index contributed by atoms with van der Waals surface area (Å²) in [6, 6.07) is 5.76. The average molecular weight is 298 g/mol. The van der Waals surface area contributed by atoms with Crippen LogP contribution in [0.4, 0.5) is 0 Å². The molecule has 0 unspecified atom stereocenters. The van der Waals surface area contributed by atoms with Crippen molar-refractivity contribution in [1.29, 1.82) is 0 Å². The summed E-state index contributed by atoms with van der Waals surface area (Å²) in [4.78, 5) is 8.87. The van der Waals surface area contributed by atoms with Gasteiger partial charge in [0.1, 0.15) is 0 Å². The largest absolute Gasteiger partial charge is 0.481 e. The van der Waals surface area contributed by atoms with Gasteiger partial charge in [0.05, 0.1) is 18.1 Å². The lowest BCUT2D eigenvalue weighted by molar-refractivity contribution is 0.178. The normalized spacial score (nSPS) is 22.3. The van der Waals surface area contributed by atoms with Gasteiger partial charge in [0.2, 0.25) is 5.88 Å². The van der Waals surface area contributed by atoms with Crippen LogP contribution in [0, 0.1) is 11.8 Å². The van der Waals surface area contributed by atoms with Crippen LogP contribution in [-0.4, -0.2) is 28.8 Å². The molecule has 2 aromatic rings. The van der Waals surface area contributed by atoms with E-state index in [4.69, 9.17) is 4.74 Å². The van der Waals surface area contributed by atoms with Crippen molar-refractivity contribution in [2.24, 2.45) is 11.8 Å². The molecular formula is C18H22N2O2. The predicted octanol–water partition coefficient (Wildman–Crippen LogP) is 3.45. The first-order valence-corrected chi connectivity index (χ1v) is 7.89. The van der Waals surface area contributed by atoms with Crippen LogP contribution in [0.1, 0.15) is 31.2 Å². The van der Waals surface area contributed by atoms with Crippen molar-refractivity contribution in [1.82, 2.24) is 9.97 Å². The minimum atomic E-state index is 0.329. The second-order valence-electron chi connectivity index (χ2n) is 5.94. The zero-order valence-electron chi connectivity index (χ0n) is 12.9. The molecule has 0 saturated heterocycles. The molecular weight excluding hydrogens is 276 g/mol. The van der Waals surface area contributed by atoms with Crippen molar-refractivity contribution in [3.05, 3.63) is 36.0 Å². The number of nitrogens with zero attached hydrogens (tertiary/aromatic N) is 2. The monoisotopic (exact) mass is 298 g/mol. The van der Waals surface area contributed by atoms with Gasteiger partial charge in [-0.25, -0.2) is 4.98 Å². The lowest BCUT2D eigenvalue weighted by Crippen LogP contribution is -2.15. The van der Waals surface area contributed by atoms with Gasteiger partial charge in [-0.05, 0) is 49.7 Å². The maximum atomic E-state index is 9.21. The second kappa shape index (κ2) is 6.88. The smallest absolute Gasteiger partial charge is 0.213 e. The Labute approximate surface area is 130 Å². The van der Waals surface area contributed by atoms with Crippen LogP contribution < -0.4 is 4.74 Å². The molecule has 4 nitrogen and oxygen atoms in total. The number of aliphatic hydroxyl groups is 1. The highest BCUT2D eigenvalue weighted by Gasteiger charge is 2.18. The number of fused-ring (bicyclic) bond motifs is 1. The molecule has 2 heterocycles. The van der Waals surface area contributed by atoms with Crippen molar-refractivity contribution in [3.8, 4) is 5.88 Å². The molecule has 0 aliphatic heterocycles. The van der Waals surface area contributed by atoms with Crippen LogP contribution in [0.5, 0.6) is 5.88 Å². The molecule has 0 atom stereocenters. The standard InChI is InChI=1S/C18H22N2O2/c1-22-17-9-8-16-18(20-17)15(10-11-19-16)7-6-13-2-4-14(12-21)5-3-13/h6-11,13-14,21H,2-5,12H2,1H3. The van der Waals surface area contributed by atoms with Crippen LogP contribution in [0.3, 0.4) is 0 Å². The molecule has 1 N–H and O–H groups in total. The van der Waals surface area contributed by atoms with Crippen LogP contribution >= 0.6 is 0 Å². The molecule has 0 radical (unpaired) electrons. The molecule has 0 spiro atoms. The molecule has 3 rings (SSSR count). The number of allylic oxidation sites excluding steroid dienone is 1. The van der Waals surface area contributed by atoms with Crippen molar-refractivity contribution in [2.45, 2.75) is 25.7 Å². The Morgan fingerprint density at radius 2 is 2.05 bits per heavy atom. The van der Waals surface area contributed by atoms with Crippen LogP contribution in [0.2, 0.25) is 0 Å². The summed E-state index contributed by atoms with van der Waals surface area (Å²) in [5.74, 6) is 1.70. The number of pyridine rings is 2. The van der Waals surface area contributed by atoms with Crippen molar-refractivity contribution >= 4 is 17.1 Å². The van der Waals surface area contributed by atoms with Crippen LogP contribution in [0.25, 0.3) is 17.1 Å². The molecule has 2 aromatic heterocycles. The number of hydrogen-bond donors (Lipinski definition) is 1. The van der Waals surface area contributed by atoms with Gasteiger partial charge in [0.25, 0.3) is 0 Å². The Morgan fingerprint density at radius 1 is 1.23 bits per heavy atom. The van der Waals surface area contributed by atoms with Crippen molar-refractivity contribution < 1.29 is 9.84 Å². The fourth-order valence-corrected chi connectivity index (χ4v) is 3.08. The Kier molecular flexibility index (Phi) is 4.68. The van der Waals surface area contributed by atoms with E-state index in [2.05, 4.69) is 22.1 Å². The van der Waals surface area contributed by atoms with E-state index in [0.717, 1.165) is 42.3 Å². The third-order valence-electron chi connectivity index (χ3n) is 4.50. The summed E-state index contributed by atoms with van der Waals surface area (Å²) in [5, 5.41) is 9.21. The van der Waals surface area contributed by atoms with E-state index in [1.54, 1.807) is 7.11 Å². The molecule has 0 bridgehead atoms. The van der Waals surface area contributed by atoms with E-state index >= 15 is 0 Å². The molecule has 1 aliphatic carbocycles. The number of aromatic nitrogens is 2. The van der Waals surface area contributed by atoms with Crippen LogP contribution in [-0.2, 0) is 0 Å². The van der Waals surface area contributed by atoms with Gasteiger partial charge in [0, 0.05) is 24.4 Å². The van der Waals surface area contributed by atoms with Gasteiger partial charge in [-0.15, -0.1) is 0 Å². The first kappa shape index (κ1) is 15.0. The summed E-state index contributed by atoms with van der Waals surface area (Å²) in [7, 11) is 1.62. The number of ether oxygens (including phenoxy) is 1. The lowest BCUT2D eigenvalue weighted by Gasteiger charge is -2.25. The van der Waals surface area contributed by atoms with Crippen molar-refractivity contribution in [2.75, 3.05) is 13.7 Å². The minimum absolute atomic E-state index is 0.329. The van der Waals surface area contributed by atoms with Crippen molar-refractivity contribution in [3.63, 3.8) is 0 Å². The van der Waals surface area contributed by atoms with E-state index in [1.165, 1.54) is 0 Å². The topological polar surface area (TPSA) is 55.2 Å². The summed E-state index contributed by atoms with van der Waals surface area (Å²) in [6.07, 6.45) is 10.8. The Morgan fingerprint density at radius 3 is 2.77 bits per heavy atom. The molecule has 0 aromatic carbocycles. The van der Waals surface area contributed by atoms with Gasteiger partial charge < -0.3 is 9.84 Å². The third-order valence-corrected chi connectivity index (χ3v) is 4.50. The van der Waals surface area contributed by atoms with Gasteiger partial charge in [-0.2, -0.15) is 0 Å². The molecule has 1 fully saturated rings. The summed E-state index contributed by atoms with van der Waals surface area (Å²) < 4.78 is 5.21. The Hall–Kier alpha value is -1.94. The maximum absolute atomic E-state index is 9.21. The minimum Gasteiger partial charge on any atom is -0.481 e. The quantitative estimate of drug-likeness (QED) is 0.939. The highest BCUT2D eigenvalue weighted by molar-refractivity contribution is 5.84. The zero-order valence-corrected chi connectivity index (χ0v) is 12.9. The lowest BCUT2D eigenvalue weighted by atomic mass is 9.82. The van der Waals surface area contributed by atoms with Gasteiger partial charge in [0.15, 0.2) is 0 Å². The van der Waals surface area contributed by atoms with E-state index in [1.807, 2.05) is 24.4 Å². The van der Waals surface area contributed by atoms with E-state index in [-0.39, 0.29) is 0 Å². The van der Waals surface area contributed by atoms with E-state index in [9.17, 15) is 5.11 Å². The SMILES string of the molecule is COc1ccc2nccc(C=CC3CCC(CO)CC3)c2n1. The number of methoxy groups -OCH3 is 1. The van der Waals surface area contributed by atoms with Gasteiger partial charge in [-0.3, -0.25) is 4.98 Å². The molecule has 1 saturated carbocycles. The number of aliphatic hydroxyl groups excluding tert-OH is 1. The molecule has 0 amide bonds. The fraction of sp³-hybridized carbons (Fsp3) is 0.444. The summed E-state index contributed by atoms with van der Waals surface area (Å²) >= 11 is 0. The molecule has 4 heteroatoms. The predicted molar refractivity (Wildman–Crippen MR) is 87.7 cm³/mol. The highest BCUT2D eigenvalue weighted by Crippen LogP contribution is 2.30. The van der Waals surface area contributed by atoms with Crippen LogP contribution in [0.15, 0.2) is 30.5 Å². The maximum Gasteiger partial charge on any atom is 0.213 e.